The number of hydrogen-bond acceptors (Lipinski definition) is 5. The maximum absolute atomic E-state index is 12.2. The van der Waals surface area contributed by atoms with Gasteiger partial charge in [-0.15, -0.1) is 0 Å². The largest absolute Gasteiger partial charge is 0.462 e. The molecule has 5 heteroatoms. The van der Waals surface area contributed by atoms with Crippen molar-refractivity contribution in [1.82, 2.24) is 0 Å². The van der Waals surface area contributed by atoms with Crippen LogP contribution >= 0.6 is 0 Å². The summed E-state index contributed by atoms with van der Waals surface area (Å²) in [6.07, 6.45) is 0.716. The number of carbonyl (C=O) groups excluding carboxylic acids is 2. The van der Waals surface area contributed by atoms with Crippen molar-refractivity contribution in [3.8, 4) is 5.75 Å². The van der Waals surface area contributed by atoms with E-state index in [1.165, 1.54) is 0 Å². The molecule has 1 saturated heterocycles. The summed E-state index contributed by atoms with van der Waals surface area (Å²) in [4.78, 5) is 23.9. The van der Waals surface area contributed by atoms with E-state index >= 15 is 0 Å². The molecule has 0 aromatic heterocycles. The van der Waals surface area contributed by atoms with E-state index in [4.69, 9.17) is 14.2 Å². The number of benzene rings is 1. The highest BCUT2D eigenvalue weighted by atomic mass is 16.6. The molecule has 5 nitrogen and oxygen atoms in total. The second kappa shape index (κ2) is 7.34. The van der Waals surface area contributed by atoms with Crippen molar-refractivity contribution in [2.75, 3.05) is 13.2 Å². The standard InChI is InChI=1S/C19H26O5/c1-6-14(5)18(21)24-16-9-13(4)7-8-15(16)19(11-23-19)10-22-17(20)12(2)3/h7-9,12,14H,6,10-11H2,1-5H3/t14-,19-/m1/s1. The molecule has 2 atom stereocenters. The third-order valence-corrected chi connectivity index (χ3v) is 4.27. The first-order chi connectivity index (χ1) is 11.3. The van der Waals surface area contributed by atoms with E-state index in [1.807, 2.05) is 39.0 Å². The Bertz CT molecular complexity index is 616. The molecule has 0 bridgehead atoms. The number of aryl methyl sites for hydroxylation is 1. The van der Waals surface area contributed by atoms with Crippen molar-refractivity contribution in [3.63, 3.8) is 0 Å². The SMILES string of the molecule is CC[C@@H](C)C(=O)Oc1cc(C)ccc1[C@@]1(COC(=O)C(C)C)CO1. The number of hydrogen-bond donors (Lipinski definition) is 0. The zero-order chi connectivity index (χ0) is 17.9. The van der Waals surface area contributed by atoms with E-state index in [9.17, 15) is 9.59 Å². The molecule has 1 fully saturated rings. The normalized spacial score (nSPS) is 20.6. The molecule has 0 saturated carbocycles. The quantitative estimate of drug-likeness (QED) is 0.434. The Hall–Kier alpha value is -1.88. The minimum Gasteiger partial charge on any atom is -0.462 e. The first-order valence-corrected chi connectivity index (χ1v) is 8.42. The van der Waals surface area contributed by atoms with Crippen LogP contribution in [0.3, 0.4) is 0 Å². The Labute approximate surface area is 143 Å². The lowest BCUT2D eigenvalue weighted by atomic mass is 9.98. The first-order valence-electron chi connectivity index (χ1n) is 8.42. The molecule has 2 rings (SSSR count). The maximum atomic E-state index is 12.2. The third-order valence-electron chi connectivity index (χ3n) is 4.27. The van der Waals surface area contributed by atoms with Gasteiger partial charge in [0.15, 0.2) is 5.60 Å². The average Bonchev–Trinajstić information content (AvgIpc) is 3.32. The summed E-state index contributed by atoms with van der Waals surface area (Å²) in [6, 6.07) is 5.64. The van der Waals surface area contributed by atoms with Crippen LogP contribution in [-0.4, -0.2) is 25.2 Å². The van der Waals surface area contributed by atoms with Gasteiger partial charge in [0.1, 0.15) is 12.4 Å². The molecule has 132 valence electrons. The van der Waals surface area contributed by atoms with Crippen molar-refractivity contribution < 1.29 is 23.8 Å². The minimum atomic E-state index is -0.705. The lowest BCUT2D eigenvalue weighted by molar-refractivity contribution is -0.149. The molecule has 1 aliphatic heterocycles. The average molecular weight is 334 g/mol. The maximum Gasteiger partial charge on any atom is 0.314 e. The Balaban J connectivity index is 2.20. The van der Waals surface area contributed by atoms with E-state index < -0.39 is 5.60 Å². The Morgan fingerprint density at radius 2 is 1.92 bits per heavy atom. The van der Waals surface area contributed by atoms with Gasteiger partial charge in [-0.05, 0) is 25.0 Å². The van der Waals surface area contributed by atoms with E-state index in [-0.39, 0.29) is 30.4 Å². The van der Waals surface area contributed by atoms with Crippen LogP contribution in [0.15, 0.2) is 18.2 Å². The second-order valence-corrected chi connectivity index (χ2v) is 6.78. The van der Waals surface area contributed by atoms with Crippen LogP contribution in [0.2, 0.25) is 0 Å². The van der Waals surface area contributed by atoms with Gasteiger partial charge in [0, 0.05) is 5.56 Å². The van der Waals surface area contributed by atoms with Gasteiger partial charge in [0.25, 0.3) is 0 Å². The Morgan fingerprint density at radius 1 is 1.25 bits per heavy atom. The molecule has 0 N–H and O–H groups in total. The second-order valence-electron chi connectivity index (χ2n) is 6.78. The summed E-state index contributed by atoms with van der Waals surface area (Å²) in [5.41, 5.74) is 1.03. The lowest BCUT2D eigenvalue weighted by Gasteiger charge is -2.19. The number of rotatable bonds is 7. The molecule has 0 amide bonds. The van der Waals surface area contributed by atoms with Gasteiger partial charge >= 0.3 is 11.9 Å². The van der Waals surface area contributed by atoms with Gasteiger partial charge in [-0.25, -0.2) is 0 Å². The summed E-state index contributed by atoms with van der Waals surface area (Å²) < 4.78 is 16.5. The van der Waals surface area contributed by atoms with Crippen LogP contribution in [0.4, 0.5) is 0 Å². The van der Waals surface area contributed by atoms with E-state index in [1.54, 1.807) is 13.8 Å². The molecule has 1 aromatic carbocycles. The Morgan fingerprint density at radius 3 is 2.46 bits per heavy atom. The predicted molar refractivity (Wildman–Crippen MR) is 89.7 cm³/mol. The predicted octanol–water partition coefficient (Wildman–Crippen LogP) is 3.37. The zero-order valence-corrected chi connectivity index (χ0v) is 15.0. The minimum absolute atomic E-state index is 0.126. The number of epoxide rings is 1. The van der Waals surface area contributed by atoms with E-state index in [2.05, 4.69) is 0 Å². The lowest BCUT2D eigenvalue weighted by Crippen LogP contribution is -2.24. The highest BCUT2D eigenvalue weighted by Crippen LogP contribution is 2.44. The van der Waals surface area contributed by atoms with Crippen molar-refractivity contribution in [3.05, 3.63) is 29.3 Å². The summed E-state index contributed by atoms with van der Waals surface area (Å²) >= 11 is 0. The third kappa shape index (κ3) is 4.15. The zero-order valence-electron chi connectivity index (χ0n) is 15.0. The molecule has 0 aliphatic carbocycles. The van der Waals surface area contributed by atoms with E-state index in [0.29, 0.717) is 18.8 Å². The van der Waals surface area contributed by atoms with Gasteiger partial charge in [0.05, 0.1) is 18.4 Å². The van der Waals surface area contributed by atoms with Crippen LogP contribution in [-0.2, 0) is 24.7 Å². The number of ether oxygens (including phenoxy) is 3. The van der Waals surface area contributed by atoms with Crippen molar-refractivity contribution >= 4 is 11.9 Å². The monoisotopic (exact) mass is 334 g/mol. The highest BCUT2D eigenvalue weighted by molar-refractivity contribution is 5.75. The number of esters is 2. The summed E-state index contributed by atoms with van der Waals surface area (Å²) in [7, 11) is 0. The van der Waals surface area contributed by atoms with Crippen LogP contribution < -0.4 is 4.74 Å². The van der Waals surface area contributed by atoms with Crippen molar-refractivity contribution in [2.45, 2.75) is 46.6 Å². The van der Waals surface area contributed by atoms with Gasteiger partial charge in [-0.2, -0.15) is 0 Å². The Kier molecular flexibility index (Phi) is 5.65. The fourth-order valence-electron chi connectivity index (χ4n) is 2.22. The topological polar surface area (TPSA) is 65.1 Å². The fraction of sp³-hybridized carbons (Fsp3) is 0.579. The fourth-order valence-corrected chi connectivity index (χ4v) is 2.22. The smallest absolute Gasteiger partial charge is 0.314 e. The molecular weight excluding hydrogens is 308 g/mol. The van der Waals surface area contributed by atoms with Gasteiger partial charge in [-0.1, -0.05) is 39.8 Å². The molecule has 0 radical (unpaired) electrons. The van der Waals surface area contributed by atoms with Crippen LogP contribution in [0.5, 0.6) is 5.75 Å². The number of carbonyl (C=O) groups is 2. The molecule has 24 heavy (non-hydrogen) atoms. The van der Waals surface area contributed by atoms with Gasteiger partial charge in [-0.3, -0.25) is 9.59 Å². The molecule has 0 unspecified atom stereocenters. The van der Waals surface area contributed by atoms with Crippen LogP contribution in [0.25, 0.3) is 0 Å². The van der Waals surface area contributed by atoms with Gasteiger partial charge in [0.2, 0.25) is 0 Å². The summed E-state index contributed by atoms with van der Waals surface area (Å²) in [5, 5.41) is 0. The van der Waals surface area contributed by atoms with Crippen LogP contribution in [0.1, 0.15) is 45.2 Å². The van der Waals surface area contributed by atoms with Crippen molar-refractivity contribution in [2.24, 2.45) is 11.8 Å². The highest BCUT2D eigenvalue weighted by Gasteiger charge is 2.50. The summed E-state index contributed by atoms with van der Waals surface area (Å²) in [5.74, 6) is -0.414. The molecule has 1 aromatic rings. The van der Waals surface area contributed by atoms with Crippen LogP contribution in [0, 0.1) is 18.8 Å². The molecule has 0 spiro atoms. The van der Waals surface area contributed by atoms with Gasteiger partial charge < -0.3 is 14.2 Å². The van der Waals surface area contributed by atoms with Crippen molar-refractivity contribution in [1.29, 1.82) is 0 Å². The molecule has 1 aliphatic rings. The molecule has 1 heterocycles. The molecular formula is C19H26O5. The summed E-state index contributed by atoms with van der Waals surface area (Å²) in [6.45, 7) is 9.85. The first kappa shape index (κ1) is 18.5. The van der Waals surface area contributed by atoms with E-state index in [0.717, 1.165) is 11.1 Å².